The number of thioether (sulfide) groups is 1. The van der Waals surface area contributed by atoms with Gasteiger partial charge in [-0.25, -0.2) is 0 Å². The van der Waals surface area contributed by atoms with Crippen LogP contribution in [0.2, 0.25) is 0 Å². The monoisotopic (exact) mass is 294 g/mol. The molecule has 0 bridgehead atoms. The van der Waals surface area contributed by atoms with Gasteiger partial charge in [0.1, 0.15) is 0 Å². The molecule has 0 amide bonds. The average Bonchev–Trinajstić information content (AvgIpc) is 2.46. The molecule has 1 aliphatic rings. The summed E-state index contributed by atoms with van der Waals surface area (Å²) < 4.78 is 0. The summed E-state index contributed by atoms with van der Waals surface area (Å²) in [6.45, 7) is 9.69. The molecule has 1 aliphatic heterocycles. The largest absolute Gasteiger partial charge is 0.388 e. The smallest absolute Gasteiger partial charge is 0.0802 e. The van der Waals surface area contributed by atoms with Gasteiger partial charge in [-0.15, -0.1) is 11.8 Å². The van der Waals surface area contributed by atoms with Crippen LogP contribution in [0.4, 0.5) is 0 Å². The zero-order chi connectivity index (χ0) is 14.4. The molecule has 1 heterocycles. The first-order valence-electron chi connectivity index (χ1n) is 7.53. The van der Waals surface area contributed by atoms with Crippen molar-refractivity contribution in [3.05, 3.63) is 29.8 Å². The first kappa shape index (κ1) is 15.8. The lowest BCUT2D eigenvalue weighted by molar-refractivity contribution is 0.136. The van der Waals surface area contributed by atoms with Crippen molar-refractivity contribution in [2.45, 2.75) is 36.5 Å². The molecule has 2 rings (SSSR count). The van der Waals surface area contributed by atoms with Crippen LogP contribution in [0.1, 0.15) is 31.9 Å². The van der Waals surface area contributed by atoms with E-state index in [4.69, 9.17) is 0 Å². The Hall–Kier alpha value is -0.550. The Bertz CT molecular complexity index is 388. The zero-order valence-corrected chi connectivity index (χ0v) is 13.3. The van der Waals surface area contributed by atoms with Gasteiger partial charge in [0.15, 0.2) is 0 Å². The molecular weight excluding hydrogens is 268 g/mol. The highest BCUT2D eigenvalue weighted by Gasteiger charge is 2.13. The molecule has 0 aromatic heterocycles. The van der Waals surface area contributed by atoms with Crippen LogP contribution < -0.4 is 5.32 Å². The molecule has 0 saturated carbocycles. The molecule has 0 spiro atoms. The van der Waals surface area contributed by atoms with E-state index in [9.17, 15) is 5.11 Å². The number of hydrogen-bond acceptors (Lipinski definition) is 4. The molecule has 112 valence electrons. The van der Waals surface area contributed by atoms with Crippen LogP contribution in [0.5, 0.6) is 0 Å². The fourth-order valence-electron chi connectivity index (χ4n) is 2.45. The maximum atomic E-state index is 10.3. The number of rotatable bonds is 6. The topological polar surface area (TPSA) is 35.5 Å². The van der Waals surface area contributed by atoms with Crippen molar-refractivity contribution in [3.63, 3.8) is 0 Å². The summed E-state index contributed by atoms with van der Waals surface area (Å²) in [4.78, 5) is 3.70. The lowest BCUT2D eigenvalue weighted by Gasteiger charge is -2.28. The van der Waals surface area contributed by atoms with Crippen LogP contribution in [-0.2, 0) is 0 Å². The molecule has 0 radical (unpaired) electrons. The van der Waals surface area contributed by atoms with E-state index < -0.39 is 0 Å². The van der Waals surface area contributed by atoms with Gasteiger partial charge in [0.05, 0.1) is 6.10 Å². The summed E-state index contributed by atoms with van der Waals surface area (Å²) in [6.07, 6.45) is 0.472. The Morgan fingerprint density at radius 1 is 1.20 bits per heavy atom. The lowest BCUT2D eigenvalue weighted by atomic mass is 10.1. The molecule has 20 heavy (non-hydrogen) atoms. The second-order valence-corrected chi connectivity index (χ2v) is 7.28. The molecule has 1 aromatic carbocycles. The Balaban J connectivity index is 1.80. The fourth-order valence-corrected chi connectivity index (χ4v) is 3.28. The average molecular weight is 294 g/mol. The van der Waals surface area contributed by atoms with E-state index in [-0.39, 0.29) is 6.10 Å². The molecular formula is C16H26N2OS. The van der Waals surface area contributed by atoms with Gasteiger partial charge >= 0.3 is 0 Å². The van der Waals surface area contributed by atoms with E-state index in [0.29, 0.717) is 5.25 Å². The molecule has 3 nitrogen and oxygen atoms in total. The van der Waals surface area contributed by atoms with Crippen molar-refractivity contribution in [1.29, 1.82) is 0 Å². The number of hydrogen-bond donors (Lipinski definition) is 2. The van der Waals surface area contributed by atoms with Gasteiger partial charge in [-0.2, -0.15) is 0 Å². The van der Waals surface area contributed by atoms with Crippen molar-refractivity contribution in [2.24, 2.45) is 0 Å². The lowest BCUT2D eigenvalue weighted by Crippen LogP contribution is -2.44. The fraction of sp³-hybridized carbons (Fsp3) is 0.625. The third-order valence-electron chi connectivity index (χ3n) is 3.57. The predicted molar refractivity (Wildman–Crippen MR) is 86.3 cm³/mol. The summed E-state index contributed by atoms with van der Waals surface area (Å²) in [7, 11) is 0. The highest BCUT2D eigenvalue weighted by Crippen LogP contribution is 2.25. The minimum atomic E-state index is -0.344. The van der Waals surface area contributed by atoms with Gasteiger partial charge in [-0.3, -0.25) is 0 Å². The van der Waals surface area contributed by atoms with Crippen LogP contribution in [0.15, 0.2) is 29.2 Å². The van der Waals surface area contributed by atoms with Gasteiger partial charge in [-0.1, -0.05) is 26.0 Å². The standard InChI is InChI=1S/C16H26N2OS/c1-13(2)20-15-5-3-14(4-6-15)16(19)7-10-18-11-8-17-9-12-18/h3-6,13,16-17,19H,7-12H2,1-2H3. The molecule has 2 N–H and O–H groups in total. The van der Waals surface area contributed by atoms with Crippen molar-refractivity contribution in [2.75, 3.05) is 32.7 Å². The Morgan fingerprint density at radius 2 is 1.85 bits per heavy atom. The summed E-state index contributed by atoms with van der Waals surface area (Å²) in [6, 6.07) is 8.36. The van der Waals surface area contributed by atoms with Crippen molar-refractivity contribution in [3.8, 4) is 0 Å². The van der Waals surface area contributed by atoms with E-state index in [2.05, 4.69) is 48.3 Å². The molecule has 1 saturated heterocycles. The normalized spacial score (nSPS) is 18.4. The number of benzene rings is 1. The molecule has 1 unspecified atom stereocenters. The maximum Gasteiger partial charge on any atom is 0.0802 e. The summed E-state index contributed by atoms with van der Waals surface area (Å²) in [5.74, 6) is 0. The third kappa shape index (κ3) is 5.09. The van der Waals surface area contributed by atoms with E-state index in [0.717, 1.165) is 44.7 Å². The highest BCUT2D eigenvalue weighted by atomic mass is 32.2. The van der Waals surface area contributed by atoms with E-state index >= 15 is 0 Å². The number of aliphatic hydroxyl groups is 1. The van der Waals surface area contributed by atoms with Gasteiger partial charge < -0.3 is 15.3 Å². The first-order valence-corrected chi connectivity index (χ1v) is 8.41. The highest BCUT2D eigenvalue weighted by molar-refractivity contribution is 7.99. The van der Waals surface area contributed by atoms with E-state index in [1.807, 2.05) is 11.8 Å². The number of piperazine rings is 1. The molecule has 1 atom stereocenters. The molecule has 1 fully saturated rings. The van der Waals surface area contributed by atoms with Crippen LogP contribution in [-0.4, -0.2) is 48.0 Å². The summed E-state index contributed by atoms with van der Waals surface area (Å²) in [5.41, 5.74) is 1.04. The Labute approximate surface area is 126 Å². The second-order valence-electron chi connectivity index (χ2n) is 5.63. The number of aliphatic hydroxyl groups excluding tert-OH is 1. The Kier molecular flexibility index (Phi) is 6.36. The predicted octanol–water partition coefficient (Wildman–Crippen LogP) is 2.52. The van der Waals surface area contributed by atoms with Crippen LogP contribution in [0.3, 0.4) is 0 Å². The van der Waals surface area contributed by atoms with Gasteiger partial charge in [0, 0.05) is 42.9 Å². The van der Waals surface area contributed by atoms with Crippen molar-refractivity contribution < 1.29 is 5.11 Å². The maximum absolute atomic E-state index is 10.3. The SMILES string of the molecule is CC(C)Sc1ccc(C(O)CCN2CCNCC2)cc1. The zero-order valence-electron chi connectivity index (χ0n) is 12.5. The minimum absolute atomic E-state index is 0.344. The van der Waals surface area contributed by atoms with Gasteiger partial charge in [0.2, 0.25) is 0 Å². The minimum Gasteiger partial charge on any atom is -0.388 e. The van der Waals surface area contributed by atoms with Crippen LogP contribution >= 0.6 is 11.8 Å². The van der Waals surface area contributed by atoms with Crippen molar-refractivity contribution >= 4 is 11.8 Å². The van der Waals surface area contributed by atoms with Gasteiger partial charge in [0.25, 0.3) is 0 Å². The third-order valence-corrected chi connectivity index (χ3v) is 4.58. The first-order chi connectivity index (χ1) is 9.65. The molecule has 1 aromatic rings. The Morgan fingerprint density at radius 3 is 2.45 bits per heavy atom. The van der Waals surface area contributed by atoms with Crippen molar-refractivity contribution in [1.82, 2.24) is 10.2 Å². The molecule has 4 heteroatoms. The molecule has 0 aliphatic carbocycles. The summed E-state index contributed by atoms with van der Waals surface area (Å²) in [5, 5.41) is 14.2. The number of nitrogens with zero attached hydrogens (tertiary/aromatic N) is 1. The number of nitrogens with one attached hydrogen (secondary N) is 1. The second kappa shape index (κ2) is 8.03. The van der Waals surface area contributed by atoms with E-state index in [1.54, 1.807) is 0 Å². The summed E-state index contributed by atoms with van der Waals surface area (Å²) >= 11 is 1.86. The van der Waals surface area contributed by atoms with Crippen LogP contribution in [0, 0.1) is 0 Å². The van der Waals surface area contributed by atoms with Crippen LogP contribution in [0.25, 0.3) is 0 Å². The van der Waals surface area contributed by atoms with Gasteiger partial charge in [-0.05, 0) is 24.1 Å². The van der Waals surface area contributed by atoms with E-state index in [1.165, 1.54) is 4.90 Å². The quantitative estimate of drug-likeness (QED) is 0.790.